The molecular formula is C13H23NO9. The van der Waals surface area contributed by atoms with Crippen molar-refractivity contribution in [3.05, 3.63) is 10.1 Å². The van der Waals surface area contributed by atoms with Crippen molar-refractivity contribution in [3.8, 4) is 0 Å². The molecule has 0 aromatic heterocycles. The van der Waals surface area contributed by atoms with Crippen LogP contribution < -0.4 is 0 Å². The Labute approximate surface area is 132 Å². The van der Waals surface area contributed by atoms with Crippen LogP contribution in [0.2, 0.25) is 0 Å². The molecule has 1 aliphatic rings. The highest BCUT2D eigenvalue weighted by molar-refractivity contribution is 5.66. The second kappa shape index (κ2) is 8.50. The van der Waals surface area contributed by atoms with Crippen molar-refractivity contribution < 1.29 is 40.0 Å². The molecule has 23 heavy (non-hydrogen) atoms. The van der Waals surface area contributed by atoms with Gasteiger partial charge in [0.25, 0.3) is 6.04 Å². The molecule has 0 amide bonds. The zero-order chi connectivity index (χ0) is 17.7. The summed E-state index contributed by atoms with van der Waals surface area (Å²) in [4.78, 5) is 21.7. The van der Waals surface area contributed by atoms with Gasteiger partial charge in [0.05, 0.1) is 18.6 Å². The molecule has 0 aliphatic heterocycles. The fourth-order valence-electron chi connectivity index (χ4n) is 2.97. The van der Waals surface area contributed by atoms with E-state index < -0.39 is 60.0 Å². The summed E-state index contributed by atoms with van der Waals surface area (Å²) in [6.45, 7) is 0.275. The minimum atomic E-state index is -1.89. The lowest BCUT2D eigenvalue weighted by atomic mass is 9.77. The minimum absolute atomic E-state index is 0.184. The molecular weight excluding hydrogens is 314 g/mol. The fourth-order valence-corrected chi connectivity index (χ4v) is 2.97. The molecule has 1 aliphatic carbocycles. The van der Waals surface area contributed by atoms with Gasteiger partial charge in [-0.1, -0.05) is 0 Å². The SMILES string of the molecule is CC(=O)O[C@H]1CCC[C@H]([C@H](O)[C@@H](O)[C@@H](O)[C@H](O)CO)[C@H]1[N+](=O)[O-]. The molecule has 134 valence electrons. The van der Waals surface area contributed by atoms with E-state index in [0.29, 0.717) is 6.42 Å². The molecule has 0 saturated heterocycles. The molecule has 0 unspecified atom stereocenters. The van der Waals surface area contributed by atoms with Crippen LogP contribution in [0.1, 0.15) is 26.2 Å². The lowest BCUT2D eigenvalue weighted by Gasteiger charge is -2.37. The van der Waals surface area contributed by atoms with Crippen molar-refractivity contribution in [1.82, 2.24) is 0 Å². The molecule has 0 aromatic carbocycles. The number of esters is 1. The highest BCUT2D eigenvalue weighted by Crippen LogP contribution is 2.33. The van der Waals surface area contributed by atoms with Gasteiger partial charge in [0.15, 0.2) is 6.10 Å². The van der Waals surface area contributed by atoms with Gasteiger partial charge in [-0.3, -0.25) is 14.9 Å². The first kappa shape index (κ1) is 19.7. The predicted octanol–water partition coefficient (Wildman–Crippen LogP) is -2.20. The molecule has 5 N–H and O–H groups in total. The van der Waals surface area contributed by atoms with Gasteiger partial charge in [0.1, 0.15) is 18.3 Å². The van der Waals surface area contributed by atoms with Crippen molar-refractivity contribution in [2.45, 2.75) is 62.7 Å². The lowest BCUT2D eigenvalue weighted by molar-refractivity contribution is -0.550. The summed E-state index contributed by atoms with van der Waals surface area (Å²) in [6, 6.07) is -1.43. The van der Waals surface area contributed by atoms with Gasteiger partial charge in [-0.05, 0) is 19.3 Å². The summed E-state index contributed by atoms with van der Waals surface area (Å²) < 4.78 is 4.93. The van der Waals surface area contributed by atoms with Crippen molar-refractivity contribution in [2.75, 3.05) is 6.61 Å². The normalized spacial score (nSPS) is 30.1. The van der Waals surface area contributed by atoms with Crippen molar-refractivity contribution in [3.63, 3.8) is 0 Å². The Morgan fingerprint density at radius 1 is 1.26 bits per heavy atom. The summed E-state index contributed by atoms with van der Waals surface area (Å²) in [5, 5.41) is 59.1. The minimum Gasteiger partial charge on any atom is -0.455 e. The standard InChI is InChI=1S/C13H23NO9/c1-6(16)23-9-4-2-3-7(10(9)14(21)22)11(18)13(20)12(19)8(17)5-15/h7-13,15,17-20H,2-5H2,1H3/t7-,8+,9-,10+,11-,12-,13+/m0/s1. The average molecular weight is 337 g/mol. The number of carbonyl (C=O) groups is 1. The first-order valence-corrected chi connectivity index (χ1v) is 7.34. The molecule has 1 saturated carbocycles. The highest BCUT2D eigenvalue weighted by atomic mass is 16.6. The maximum Gasteiger partial charge on any atom is 0.303 e. The van der Waals surface area contributed by atoms with Gasteiger partial charge in [-0.25, -0.2) is 0 Å². The molecule has 1 rings (SSSR count). The van der Waals surface area contributed by atoms with Crippen LogP contribution in [0.4, 0.5) is 0 Å². The lowest BCUT2D eigenvalue weighted by Crippen LogP contribution is -2.55. The number of nitro groups is 1. The second-order valence-electron chi connectivity index (χ2n) is 5.74. The number of aliphatic hydroxyl groups is 5. The topological polar surface area (TPSA) is 171 Å². The maximum absolute atomic E-state index is 11.3. The third-order valence-electron chi connectivity index (χ3n) is 4.13. The Balaban J connectivity index is 2.93. The second-order valence-corrected chi connectivity index (χ2v) is 5.74. The Kier molecular flexibility index (Phi) is 7.29. The van der Waals surface area contributed by atoms with Crippen LogP contribution >= 0.6 is 0 Å². The van der Waals surface area contributed by atoms with Crippen LogP contribution in [-0.4, -0.2) is 79.6 Å². The van der Waals surface area contributed by atoms with E-state index in [1.165, 1.54) is 0 Å². The van der Waals surface area contributed by atoms with E-state index in [9.17, 15) is 35.3 Å². The van der Waals surface area contributed by atoms with E-state index in [0.717, 1.165) is 6.92 Å². The summed E-state index contributed by atoms with van der Waals surface area (Å²) in [7, 11) is 0. The van der Waals surface area contributed by atoms with Gasteiger partial charge in [0.2, 0.25) is 0 Å². The first-order chi connectivity index (χ1) is 10.7. The summed E-state index contributed by atoms with van der Waals surface area (Å²) in [6.07, 6.45) is -7.34. The monoisotopic (exact) mass is 337 g/mol. The van der Waals surface area contributed by atoms with Crippen LogP contribution in [-0.2, 0) is 9.53 Å². The third-order valence-corrected chi connectivity index (χ3v) is 4.13. The van der Waals surface area contributed by atoms with E-state index >= 15 is 0 Å². The Morgan fingerprint density at radius 2 is 1.87 bits per heavy atom. The predicted molar refractivity (Wildman–Crippen MR) is 74.8 cm³/mol. The zero-order valence-corrected chi connectivity index (χ0v) is 12.7. The fraction of sp³-hybridized carbons (Fsp3) is 0.923. The summed E-state index contributed by atoms with van der Waals surface area (Å²) in [5.74, 6) is -1.76. The number of carbonyl (C=O) groups excluding carboxylic acids is 1. The smallest absolute Gasteiger partial charge is 0.303 e. The number of hydrogen-bond acceptors (Lipinski definition) is 9. The Bertz CT molecular complexity index is 418. The van der Waals surface area contributed by atoms with E-state index in [1.807, 2.05) is 0 Å². The van der Waals surface area contributed by atoms with Gasteiger partial charge in [0, 0.05) is 11.8 Å². The van der Waals surface area contributed by atoms with Crippen LogP contribution in [0.3, 0.4) is 0 Å². The van der Waals surface area contributed by atoms with E-state index in [-0.39, 0.29) is 12.8 Å². The summed E-state index contributed by atoms with van der Waals surface area (Å²) in [5.41, 5.74) is 0. The molecule has 0 bridgehead atoms. The van der Waals surface area contributed by atoms with Gasteiger partial charge in [-0.15, -0.1) is 0 Å². The van der Waals surface area contributed by atoms with E-state index in [2.05, 4.69) is 0 Å². The highest BCUT2D eigenvalue weighted by Gasteiger charge is 2.50. The average Bonchev–Trinajstić information content (AvgIpc) is 2.50. The quantitative estimate of drug-likeness (QED) is 0.196. The molecule has 1 fully saturated rings. The van der Waals surface area contributed by atoms with Crippen molar-refractivity contribution >= 4 is 5.97 Å². The third kappa shape index (κ3) is 4.82. The molecule has 0 radical (unpaired) electrons. The van der Waals surface area contributed by atoms with E-state index in [4.69, 9.17) is 9.84 Å². The van der Waals surface area contributed by atoms with Gasteiger partial charge < -0.3 is 30.3 Å². The zero-order valence-electron chi connectivity index (χ0n) is 12.7. The Hall–Kier alpha value is -1.33. The van der Waals surface area contributed by atoms with Crippen molar-refractivity contribution in [2.24, 2.45) is 5.92 Å². The van der Waals surface area contributed by atoms with Gasteiger partial charge in [-0.2, -0.15) is 0 Å². The van der Waals surface area contributed by atoms with Crippen LogP contribution in [0.5, 0.6) is 0 Å². The van der Waals surface area contributed by atoms with E-state index in [1.54, 1.807) is 0 Å². The van der Waals surface area contributed by atoms with Gasteiger partial charge >= 0.3 is 5.97 Å². The molecule has 0 heterocycles. The summed E-state index contributed by atoms with van der Waals surface area (Å²) >= 11 is 0. The molecule has 7 atom stereocenters. The van der Waals surface area contributed by atoms with Crippen molar-refractivity contribution in [1.29, 1.82) is 0 Å². The molecule has 10 heteroatoms. The maximum atomic E-state index is 11.3. The number of ether oxygens (including phenoxy) is 1. The Morgan fingerprint density at radius 3 is 2.35 bits per heavy atom. The number of nitrogens with zero attached hydrogens (tertiary/aromatic N) is 1. The van der Waals surface area contributed by atoms with Crippen LogP contribution in [0.15, 0.2) is 0 Å². The number of rotatable bonds is 7. The number of hydrogen-bond donors (Lipinski definition) is 5. The first-order valence-electron chi connectivity index (χ1n) is 7.34. The number of aliphatic hydroxyl groups excluding tert-OH is 5. The molecule has 10 nitrogen and oxygen atoms in total. The van der Waals surface area contributed by atoms with Crippen LogP contribution in [0, 0.1) is 16.0 Å². The molecule has 0 aromatic rings. The molecule has 0 spiro atoms. The van der Waals surface area contributed by atoms with Crippen LogP contribution in [0.25, 0.3) is 0 Å². The largest absolute Gasteiger partial charge is 0.455 e.